The average molecular weight is 173 g/mol. The Balaban J connectivity index is 3.69. The van der Waals surface area contributed by atoms with Crippen LogP contribution in [0.3, 0.4) is 0 Å². The van der Waals surface area contributed by atoms with Crippen molar-refractivity contribution >= 4 is 5.97 Å². The summed E-state index contributed by atoms with van der Waals surface area (Å²) in [6, 6.07) is -0.0580. The standard InChI is InChI=1S/C9H19NO2/c1-4-5-7(2)8(10)6-9(11)12-3/h7-8H,4-6,10H2,1-3H3. The number of hydrogen-bond acceptors (Lipinski definition) is 3. The van der Waals surface area contributed by atoms with Crippen molar-refractivity contribution < 1.29 is 9.53 Å². The van der Waals surface area contributed by atoms with E-state index in [1.54, 1.807) is 0 Å². The zero-order valence-corrected chi connectivity index (χ0v) is 8.17. The maximum absolute atomic E-state index is 10.8. The lowest BCUT2D eigenvalue weighted by atomic mass is 9.95. The Kier molecular flexibility index (Phi) is 5.72. The number of ether oxygens (including phenoxy) is 1. The minimum atomic E-state index is -0.217. The Morgan fingerprint density at radius 1 is 1.58 bits per heavy atom. The lowest BCUT2D eigenvalue weighted by Crippen LogP contribution is -2.31. The van der Waals surface area contributed by atoms with Gasteiger partial charge >= 0.3 is 5.97 Å². The van der Waals surface area contributed by atoms with Gasteiger partial charge in [0, 0.05) is 6.04 Å². The van der Waals surface area contributed by atoms with E-state index in [2.05, 4.69) is 18.6 Å². The second-order valence-corrected chi connectivity index (χ2v) is 3.21. The van der Waals surface area contributed by atoms with Crippen molar-refractivity contribution in [3.8, 4) is 0 Å². The van der Waals surface area contributed by atoms with Crippen molar-refractivity contribution in [3.05, 3.63) is 0 Å². The molecule has 2 N–H and O–H groups in total. The highest BCUT2D eigenvalue weighted by Crippen LogP contribution is 2.11. The Labute approximate surface area is 74.3 Å². The van der Waals surface area contributed by atoms with Crippen LogP contribution in [0.4, 0.5) is 0 Å². The SMILES string of the molecule is CCCC(C)C(N)CC(=O)OC. The molecule has 12 heavy (non-hydrogen) atoms. The van der Waals surface area contributed by atoms with Crippen LogP contribution in [0.1, 0.15) is 33.1 Å². The number of esters is 1. The molecule has 0 rings (SSSR count). The molecule has 0 bridgehead atoms. The highest BCUT2D eigenvalue weighted by molar-refractivity contribution is 5.69. The van der Waals surface area contributed by atoms with Crippen molar-refractivity contribution in [3.63, 3.8) is 0 Å². The maximum atomic E-state index is 10.8. The van der Waals surface area contributed by atoms with Crippen LogP contribution in [0.2, 0.25) is 0 Å². The summed E-state index contributed by atoms with van der Waals surface area (Å²) in [4.78, 5) is 10.8. The molecule has 0 aliphatic carbocycles. The second-order valence-electron chi connectivity index (χ2n) is 3.21. The Morgan fingerprint density at radius 2 is 2.17 bits per heavy atom. The lowest BCUT2D eigenvalue weighted by Gasteiger charge is -2.17. The van der Waals surface area contributed by atoms with Crippen molar-refractivity contribution in [2.75, 3.05) is 7.11 Å². The van der Waals surface area contributed by atoms with Gasteiger partial charge < -0.3 is 10.5 Å². The maximum Gasteiger partial charge on any atom is 0.307 e. The van der Waals surface area contributed by atoms with Crippen LogP contribution in [0.5, 0.6) is 0 Å². The smallest absolute Gasteiger partial charge is 0.307 e. The van der Waals surface area contributed by atoms with Crippen LogP contribution in [0.25, 0.3) is 0 Å². The summed E-state index contributed by atoms with van der Waals surface area (Å²) in [5.41, 5.74) is 5.78. The summed E-state index contributed by atoms with van der Waals surface area (Å²) < 4.78 is 4.53. The lowest BCUT2D eigenvalue weighted by molar-refractivity contribution is -0.141. The number of hydrogen-bond donors (Lipinski definition) is 1. The molecular weight excluding hydrogens is 154 g/mol. The summed E-state index contributed by atoms with van der Waals surface area (Å²) in [5.74, 6) is 0.180. The van der Waals surface area contributed by atoms with Crippen LogP contribution in [0.15, 0.2) is 0 Å². The predicted molar refractivity (Wildman–Crippen MR) is 48.7 cm³/mol. The Hall–Kier alpha value is -0.570. The van der Waals surface area contributed by atoms with Crippen LogP contribution < -0.4 is 5.73 Å². The molecule has 2 atom stereocenters. The third kappa shape index (κ3) is 4.34. The average Bonchev–Trinajstić information content (AvgIpc) is 2.04. The molecule has 0 fully saturated rings. The molecule has 0 amide bonds. The molecular formula is C9H19NO2. The molecule has 0 saturated heterocycles. The van der Waals surface area contributed by atoms with Crippen LogP contribution in [0, 0.1) is 5.92 Å². The van der Waals surface area contributed by atoms with Gasteiger partial charge in [-0.2, -0.15) is 0 Å². The van der Waals surface area contributed by atoms with E-state index in [4.69, 9.17) is 5.73 Å². The topological polar surface area (TPSA) is 52.3 Å². The van der Waals surface area contributed by atoms with E-state index in [0.29, 0.717) is 12.3 Å². The monoisotopic (exact) mass is 173 g/mol. The van der Waals surface area contributed by atoms with Gasteiger partial charge in [-0.25, -0.2) is 0 Å². The molecule has 0 aromatic carbocycles. The van der Waals surface area contributed by atoms with Crippen LogP contribution >= 0.6 is 0 Å². The first-order valence-corrected chi connectivity index (χ1v) is 4.44. The van der Waals surface area contributed by atoms with Crippen molar-refractivity contribution in [2.24, 2.45) is 11.7 Å². The summed E-state index contributed by atoms with van der Waals surface area (Å²) in [6.45, 7) is 4.18. The minimum Gasteiger partial charge on any atom is -0.469 e. The molecule has 0 saturated carbocycles. The highest BCUT2D eigenvalue weighted by Gasteiger charge is 2.15. The zero-order valence-electron chi connectivity index (χ0n) is 8.17. The minimum absolute atomic E-state index is 0.0580. The number of methoxy groups -OCH3 is 1. The van der Waals surface area contributed by atoms with E-state index >= 15 is 0 Å². The fourth-order valence-corrected chi connectivity index (χ4v) is 1.15. The molecule has 0 aliphatic heterocycles. The summed E-state index contributed by atoms with van der Waals surface area (Å²) in [5, 5.41) is 0. The first-order valence-electron chi connectivity index (χ1n) is 4.44. The largest absolute Gasteiger partial charge is 0.469 e. The summed E-state index contributed by atoms with van der Waals surface area (Å²) >= 11 is 0. The molecule has 3 heteroatoms. The van der Waals surface area contributed by atoms with Crippen molar-refractivity contribution in [2.45, 2.75) is 39.2 Å². The van der Waals surface area contributed by atoms with Crippen LogP contribution in [-0.2, 0) is 9.53 Å². The van der Waals surface area contributed by atoms with Gasteiger partial charge in [0.25, 0.3) is 0 Å². The van der Waals surface area contributed by atoms with Gasteiger partial charge in [-0.1, -0.05) is 20.3 Å². The molecule has 0 aromatic heterocycles. The molecule has 2 unspecified atom stereocenters. The van der Waals surface area contributed by atoms with Gasteiger partial charge in [0.15, 0.2) is 0 Å². The predicted octanol–water partition coefficient (Wildman–Crippen LogP) is 1.31. The Bertz CT molecular complexity index is 136. The first kappa shape index (κ1) is 11.4. The fourth-order valence-electron chi connectivity index (χ4n) is 1.15. The third-order valence-electron chi connectivity index (χ3n) is 2.10. The van der Waals surface area contributed by atoms with E-state index < -0.39 is 0 Å². The molecule has 0 heterocycles. The van der Waals surface area contributed by atoms with Gasteiger partial charge in [-0.15, -0.1) is 0 Å². The normalized spacial score (nSPS) is 15.3. The fraction of sp³-hybridized carbons (Fsp3) is 0.889. The van der Waals surface area contributed by atoms with Crippen LogP contribution in [-0.4, -0.2) is 19.1 Å². The van der Waals surface area contributed by atoms with Gasteiger partial charge in [0.2, 0.25) is 0 Å². The molecule has 0 aromatic rings. The van der Waals surface area contributed by atoms with Gasteiger partial charge in [0.1, 0.15) is 0 Å². The van der Waals surface area contributed by atoms with Crippen molar-refractivity contribution in [1.82, 2.24) is 0 Å². The zero-order chi connectivity index (χ0) is 9.56. The number of nitrogens with two attached hydrogens (primary N) is 1. The third-order valence-corrected chi connectivity index (χ3v) is 2.10. The van der Waals surface area contributed by atoms with E-state index in [1.807, 2.05) is 0 Å². The Morgan fingerprint density at radius 3 is 2.58 bits per heavy atom. The van der Waals surface area contributed by atoms with E-state index in [0.717, 1.165) is 12.8 Å². The van der Waals surface area contributed by atoms with E-state index in [9.17, 15) is 4.79 Å². The molecule has 0 aliphatic rings. The summed E-state index contributed by atoms with van der Waals surface area (Å²) in [7, 11) is 1.39. The first-order chi connectivity index (χ1) is 5.61. The quantitative estimate of drug-likeness (QED) is 0.638. The van der Waals surface area contributed by atoms with E-state index in [1.165, 1.54) is 7.11 Å². The van der Waals surface area contributed by atoms with E-state index in [-0.39, 0.29) is 12.0 Å². The van der Waals surface area contributed by atoms with Gasteiger partial charge in [-0.05, 0) is 12.3 Å². The van der Waals surface area contributed by atoms with Gasteiger partial charge in [0.05, 0.1) is 13.5 Å². The molecule has 72 valence electrons. The number of carbonyl (C=O) groups excluding carboxylic acids is 1. The molecule has 0 radical (unpaired) electrons. The molecule has 0 spiro atoms. The second kappa shape index (κ2) is 6.00. The number of rotatable bonds is 5. The molecule has 3 nitrogen and oxygen atoms in total. The van der Waals surface area contributed by atoms with Gasteiger partial charge in [-0.3, -0.25) is 4.79 Å². The number of carbonyl (C=O) groups is 1. The highest BCUT2D eigenvalue weighted by atomic mass is 16.5. The van der Waals surface area contributed by atoms with Crippen molar-refractivity contribution in [1.29, 1.82) is 0 Å². The summed E-state index contributed by atoms with van der Waals surface area (Å²) in [6.07, 6.45) is 2.51.